The zero-order chi connectivity index (χ0) is 62.8. The number of hydrogen-bond donors (Lipinski definition) is 3. The van der Waals surface area contributed by atoms with E-state index in [0.29, 0.717) is 119 Å². The largest absolute Gasteiger partial charge is 0.496 e. The summed E-state index contributed by atoms with van der Waals surface area (Å²) < 4.78 is 56.1. The Morgan fingerprint density at radius 2 is 0.944 bits per heavy atom. The number of halogens is 2. The molecule has 4 fully saturated rings. The molecule has 0 spiro atoms. The number of carbonyl (C=O) groups is 6. The van der Waals surface area contributed by atoms with Gasteiger partial charge in [-0.1, -0.05) is 60.7 Å². The number of nitrogens with two attached hydrogens (primary N) is 2. The van der Waals surface area contributed by atoms with Gasteiger partial charge in [-0.05, 0) is 148 Å². The first-order valence-corrected chi connectivity index (χ1v) is 31.7. The normalized spacial score (nSPS) is 15.5. The number of likely N-dealkylation sites (tertiary alicyclic amines) is 4. The van der Waals surface area contributed by atoms with Gasteiger partial charge in [0.1, 0.15) is 23.1 Å². The number of nitrogens with one attached hydrogen (secondary N) is 1. The minimum atomic E-state index is -3.13. The zero-order valence-corrected chi connectivity index (χ0v) is 50.8. The first-order chi connectivity index (χ1) is 43.1. The van der Waals surface area contributed by atoms with Gasteiger partial charge in [0.05, 0.1) is 42.0 Å². The molecule has 8 aromatic rings. The summed E-state index contributed by atoms with van der Waals surface area (Å²) in [6.45, 7) is 4.73. The molecule has 0 atom stereocenters. The summed E-state index contributed by atoms with van der Waals surface area (Å²) in [6, 6.07) is 37.8. The third-order valence-corrected chi connectivity index (χ3v) is 19.6. The quantitative estimate of drug-likeness (QED) is 0.0286. The highest BCUT2D eigenvalue weighted by Crippen LogP contribution is 2.42. The number of aromatic nitrogens is 2. The molecule has 4 saturated heterocycles. The van der Waals surface area contributed by atoms with Crippen LogP contribution in [-0.2, 0) is 31.6 Å². The summed E-state index contributed by atoms with van der Waals surface area (Å²) >= 11 is 0. The number of methoxy groups -OCH3 is 2. The minimum Gasteiger partial charge on any atom is -0.496 e. The van der Waals surface area contributed by atoms with Crippen molar-refractivity contribution in [3.63, 3.8) is 0 Å². The van der Waals surface area contributed by atoms with E-state index in [-0.39, 0.29) is 34.6 Å². The molecule has 6 heterocycles. The van der Waals surface area contributed by atoms with Gasteiger partial charge in [-0.3, -0.25) is 38.0 Å². The minimum absolute atomic E-state index is 0.153. The number of fused-ring (bicyclic) bond motifs is 2. The summed E-state index contributed by atoms with van der Waals surface area (Å²) in [5, 5.41) is 2.20. The van der Waals surface area contributed by atoms with Crippen LogP contribution in [0.2, 0.25) is 0 Å². The van der Waals surface area contributed by atoms with Crippen LogP contribution < -0.4 is 31.8 Å². The van der Waals surface area contributed by atoms with E-state index in [9.17, 15) is 42.1 Å². The van der Waals surface area contributed by atoms with Crippen LogP contribution in [0.5, 0.6) is 11.5 Å². The molecule has 4 aliphatic heterocycles. The number of hydrogen-bond acceptors (Lipinski definition) is 12. The number of rotatable bonds is 15. The molecule has 21 heteroatoms. The number of piperidine rings is 2. The van der Waals surface area contributed by atoms with Crippen LogP contribution in [0.1, 0.15) is 104 Å². The van der Waals surface area contributed by atoms with Crippen LogP contribution in [-0.4, -0.2) is 131 Å². The van der Waals surface area contributed by atoms with Gasteiger partial charge < -0.3 is 39.9 Å². The number of ketones is 2. The summed E-state index contributed by atoms with van der Waals surface area (Å²) in [5.41, 5.74) is 4.50. The van der Waals surface area contributed by atoms with E-state index in [4.69, 9.17) is 25.8 Å². The number of ether oxygens (including phenoxy) is 2. The first kappa shape index (κ1) is 63.1. The van der Waals surface area contributed by atoms with Gasteiger partial charge in [0.25, 0.3) is 42.6 Å². The molecule has 464 valence electrons. The highest BCUT2D eigenvalue weighted by Gasteiger charge is 2.34. The molecule has 0 saturated carbocycles. The van der Waals surface area contributed by atoms with E-state index in [0.717, 1.165) is 75.3 Å². The summed E-state index contributed by atoms with van der Waals surface area (Å²) in [7, 11) is -0.129. The maximum atomic E-state index is 13.6. The van der Waals surface area contributed by atoms with Crippen molar-refractivity contribution in [3.8, 4) is 11.5 Å². The van der Waals surface area contributed by atoms with Crippen LogP contribution in [0.3, 0.4) is 0 Å². The predicted octanol–water partition coefficient (Wildman–Crippen LogP) is 9.42. The van der Waals surface area contributed by atoms with E-state index >= 15 is 0 Å². The van der Waals surface area contributed by atoms with Crippen LogP contribution in [0.4, 0.5) is 8.78 Å². The van der Waals surface area contributed by atoms with Gasteiger partial charge in [-0.25, -0.2) is 19.3 Å². The lowest BCUT2D eigenvalue weighted by atomic mass is 9.90. The highest BCUT2D eigenvalue weighted by atomic mass is 31.2. The number of nitrogen functional groups attached to an aromatic ring is 1. The van der Waals surface area contributed by atoms with Crippen LogP contribution in [0, 0.1) is 23.5 Å². The Labute approximate surface area is 515 Å². The lowest BCUT2D eigenvalue weighted by molar-refractivity contribution is -0.126. The van der Waals surface area contributed by atoms with Gasteiger partial charge >= 0.3 is 0 Å². The van der Waals surface area contributed by atoms with Crippen LogP contribution in [0.25, 0.3) is 21.8 Å². The second kappa shape index (κ2) is 28.5. The monoisotopic (exact) mass is 1230 g/mol. The number of benzene rings is 6. The molecule has 18 nitrogen and oxygen atoms in total. The molecule has 0 radical (unpaired) electrons. The Kier molecular flexibility index (Phi) is 20.2. The summed E-state index contributed by atoms with van der Waals surface area (Å²) in [6.07, 6.45) is 11.6. The Bertz CT molecular complexity index is 3850. The average Bonchev–Trinajstić information content (AvgIpc) is 1.74. The molecule has 12 rings (SSSR count). The summed E-state index contributed by atoms with van der Waals surface area (Å²) in [4.78, 5) is 88.4. The van der Waals surface area contributed by atoms with Gasteiger partial charge in [0.15, 0.2) is 0 Å². The van der Waals surface area contributed by atoms with Crippen molar-refractivity contribution in [1.82, 2.24) is 29.3 Å². The third-order valence-electron chi connectivity index (χ3n) is 17.3. The van der Waals surface area contributed by atoms with E-state index in [1.807, 2.05) is 65.6 Å². The van der Waals surface area contributed by atoms with E-state index in [1.165, 1.54) is 55.6 Å². The van der Waals surface area contributed by atoms with Crippen molar-refractivity contribution in [2.24, 2.45) is 17.7 Å². The molecule has 0 bridgehead atoms. The molecule has 0 unspecified atom stereocenters. The number of nitrogens with zero attached hydrogens (tertiary/aromatic N) is 5. The molecule has 0 aliphatic carbocycles. The van der Waals surface area contributed by atoms with Gasteiger partial charge in [0, 0.05) is 104 Å². The van der Waals surface area contributed by atoms with Crippen molar-refractivity contribution in [1.29, 1.82) is 0 Å². The van der Waals surface area contributed by atoms with Crippen molar-refractivity contribution in [2.45, 2.75) is 64.2 Å². The van der Waals surface area contributed by atoms with Crippen molar-refractivity contribution < 1.29 is 56.2 Å². The first-order valence-electron chi connectivity index (χ1n) is 30.1. The summed E-state index contributed by atoms with van der Waals surface area (Å²) in [5.74, 6) is 9.89. The van der Waals surface area contributed by atoms with Crippen LogP contribution >= 0.6 is 7.37 Å². The average molecular weight is 1230 g/mol. The maximum Gasteiger partial charge on any atom is 0.295 e. The van der Waals surface area contributed by atoms with E-state index in [2.05, 4.69) is 4.98 Å². The van der Waals surface area contributed by atoms with Crippen molar-refractivity contribution >= 4 is 75.0 Å². The van der Waals surface area contributed by atoms with Gasteiger partial charge in [-0.15, -0.1) is 0 Å². The standard InChI is InChI=1S/C28H31FN4O4.C28H30FN3O4.C12H12NO2P/c1-37-25-16-24-21(23(17-33(24)30)26(34)28(36)31-10-2-3-11-31)15-22(25)27(35)32-12-8-19(9-13-32)14-18-4-6-20(29)7-5-18;1-36-25-16-24-21(23(17-30-24)26(33)28(35)31-10-2-3-11-31)15-22(25)27(34)32-12-8-19(9-13-32)14-18-4-6-20(29)7-5-18;13-15-16(14,11-7-3-1-4-8-11)12-9-5-2-6-10-12/h4-7,15-17,19H,2-3,8-14,30H2,1H3;4-7,15-17,19,30H,2-3,8-14H2,1H3;1-10H,13H2. The number of amides is 4. The Balaban J connectivity index is 0.000000158. The van der Waals surface area contributed by atoms with E-state index in [1.54, 1.807) is 63.2 Å². The number of aromatic amines is 1. The second-order valence-corrected chi connectivity index (χ2v) is 25.3. The maximum absolute atomic E-state index is 13.6. The molecular formula is C68H73F2N8O10P. The molecular weight excluding hydrogens is 1160 g/mol. The van der Waals surface area contributed by atoms with Gasteiger partial charge in [-0.2, -0.15) is 0 Å². The van der Waals surface area contributed by atoms with Gasteiger partial charge in [0.2, 0.25) is 0 Å². The Morgan fingerprint density at radius 3 is 1.37 bits per heavy atom. The van der Waals surface area contributed by atoms with Crippen LogP contribution in [0.15, 0.2) is 146 Å². The molecule has 5 N–H and O–H groups in total. The van der Waals surface area contributed by atoms with Crippen molar-refractivity contribution in [3.05, 3.63) is 191 Å². The molecule has 89 heavy (non-hydrogen) atoms. The number of carbonyl (C=O) groups excluding carboxylic acids is 6. The Hall–Kier alpha value is -8.97. The smallest absolute Gasteiger partial charge is 0.295 e. The third kappa shape index (κ3) is 14.3. The number of Topliss-reactive ketones (excluding diaryl/α,β-unsaturated/α-hetero) is 2. The fourth-order valence-corrected chi connectivity index (χ4v) is 13.9. The molecule has 4 amide bonds. The lowest BCUT2D eigenvalue weighted by Crippen LogP contribution is -2.39. The fraction of sp³-hybridized carbons (Fsp3) is 0.324. The number of H-pyrrole nitrogens is 1. The van der Waals surface area contributed by atoms with E-state index < -0.39 is 30.7 Å². The molecule has 6 aromatic carbocycles. The fourth-order valence-electron chi connectivity index (χ4n) is 12.3. The zero-order valence-electron chi connectivity index (χ0n) is 49.9. The highest BCUT2D eigenvalue weighted by molar-refractivity contribution is 7.74. The molecule has 2 aromatic heterocycles. The van der Waals surface area contributed by atoms with Crippen molar-refractivity contribution in [2.75, 3.05) is 72.4 Å². The SMILES string of the molecule is COc1cc2[nH]cc(C(=O)C(=O)N3CCCC3)c2cc1C(=O)N1CCC(Cc2ccc(F)cc2)CC1.COc1cc2c(cc1C(=O)N1CCC(Cc3ccc(F)cc3)CC1)c(C(=O)C(=O)N1CCCC1)cn2N.NOP(=O)(c1ccccc1)c1ccccc1. The lowest BCUT2D eigenvalue weighted by Gasteiger charge is -2.32. The predicted molar refractivity (Wildman–Crippen MR) is 336 cm³/mol. The molecule has 4 aliphatic rings. The topological polar surface area (TPSA) is 233 Å². The Morgan fingerprint density at radius 1 is 0.528 bits per heavy atom. The second-order valence-electron chi connectivity index (χ2n) is 22.9.